The quantitative estimate of drug-likeness (QED) is 0.296. The average Bonchev–Trinajstić information content (AvgIpc) is 2.52. The van der Waals surface area contributed by atoms with Crippen molar-refractivity contribution in [2.24, 2.45) is 10.8 Å². The Labute approximate surface area is 154 Å². The number of nitro benzene ring substituents is 1. The third kappa shape index (κ3) is 8.92. The standard InChI is InChI=1S/C19H29NO6/c1-18(2,3)12-25-16(26-13-19(4,5)6)11-24-17(21)14-8-7-9-15(10-14)20(22)23/h7-10,16H,11-13H2,1-6H3. The van der Waals surface area contributed by atoms with E-state index in [4.69, 9.17) is 14.2 Å². The van der Waals surface area contributed by atoms with Gasteiger partial charge in [-0.15, -0.1) is 0 Å². The van der Waals surface area contributed by atoms with E-state index in [0.717, 1.165) is 0 Å². The summed E-state index contributed by atoms with van der Waals surface area (Å²) in [5, 5.41) is 10.8. The average molecular weight is 367 g/mol. The first kappa shape index (κ1) is 22.1. The van der Waals surface area contributed by atoms with Gasteiger partial charge in [0.15, 0.2) is 6.29 Å². The number of non-ortho nitro benzene ring substituents is 1. The van der Waals surface area contributed by atoms with Crippen LogP contribution in [0.1, 0.15) is 51.9 Å². The van der Waals surface area contributed by atoms with E-state index in [1.165, 1.54) is 24.3 Å². The Bertz CT molecular complexity index is 597. The lowest BCUT2D eigenvalue weighted by Crippen LogP contribution is -2.32. The molecule has 0 aliphatic carbocycles. The fraction of sp³-hybridized carbons (Fsp3) is 0.632. The van der Waals surface area contributed by atoms with Gasteiger partial charge in [-0.25, -0.2) is 4.79 Å². The molecular weight excluding hydrogens is 338 g/mol. The van der Waals surface area contributed by atoms with Gasteiger partial charge >= 0.3 is 5.97 Å². The third-order valence-electron chi connectivity index (χ3n) is 3.05. The highest BCUT2D eigenvalue weighted by Gasteiger charge is 2.21. The number of nitrogens with zero attached hydrogens (tertiary/aromatic N) is 1. The zero-order valence-electron chi connectivity index (χ0n) is 16.4. The third-order valence-corrected chi connectivity index (χ3v) is 3.05. The van der Waals surface area contributed by atoms with Gasteiger partial charge in [0.05, 0.1) is 23.7 Å². The Hall–Kier alpha value is -1.99. The highest BCUT2D eigenvalue weighted by Crippen LogP contribution is 2.19. The van der Waals surface area contributed by atoms with Gasteiger partial charge in [-0.1, -0.05) is 47.6 Å². The lowest BCUT2D eigenvalue weighted by Gasteiger charge is -2.27. The Balaban J connectivity index is 2.69. The molecule has 0 spiro atoms. The zero-order chi connectivity index (χ0) is 20.0. The summed E-state index contributed by atoms with van der Waals surface area (Å²) in [6.45, 7) is 13.0. The lowest BCUT2D eigenvalue weighted by atomic mass is 9.98. The molecule has 0 amide bonds. The fourth-order valence-corrected chi connectivity index (χ4v) is 1.80. The van der Waals surface area contributed by atoms with Crippen molar-refractivity contribution in [3.63, 3.8) is 0 Å². The molecule has 7 heteroatoms. The maximum atomic E-state index is 12.2. The highest BCUT2D eigenvalue weighted by molar-refractivity contribution is 5.90. The van der Waals surface area contributed by atoms with E-state index < -0.39 is 17.2 Å². The summed E-state index contributed by atoms with van der Waals surface area (Å²) in [6, 6.07) is 5.41. The van der Waals surface area contributed by atoms with E-state index in [9.17, 15) is 14.9 Å². The topological polar surface area (TPSA) is 87.9 Å². The Morgan fingerprint density at radius 1 is 1.08 bits per heavy atom. The lowest BCUT2D eigenvalue weighted by molar-refractivity contribution is -0.384. The van der Waals surface area contributed by atoms with E-state index in [2.05, 4.69) is 0 Å². The second-order valence-electron chi connectivity index (χ2n) is 8.58. The minimum absolute atomic E-state index is 0.0621. The maximum absolute atomic E-state index is 12.2. The number of hydrogen-bond donors (Lipinski definition) is 0. The summed E-state index contributed by atoms with van der Waals surface area (Å²) in [7, 11) is 0. The van der Waals surface area contributed by atoms with Gasteiger partial charge < -0.3 is 14.2 Å². The molecule has 0 heterocycles. The van der Waals surface area contributed by atoms with Crippen molar-refractivity contribution in [3.05, 3.63) is 39.9 Å². The number of benzene rings is 1. The van der Waals surface area contributed by atoms with Gasteiger partial charge in [0.2, 0.25) is 0 Å². The summed E-state index contributed by atoms with van der Waals surface area (Å²) in [5.41, 5.74) is -0.172. The van der Waals surface area contributed by atoms with Crippen LogP contribution in [0.25, 0.3) is 0 Å². The molecule has 0 N–H and O–H groups in total. The summed E-state index contributed by atoms with van der Waals surface area (Å²) in [6.07, 6.45) is -0.698. The van der Waals surface area contributed by atoms with Crippen molar-refractivity contribution < 1.29 is 23.9 Å². The number of ether oxygens (including phenoxy) is 3. The Kier molecular flexibility index (Phi) is 7.71. The number of esters is 1. The summed E-state index contributed by atoms with van der Waals surface area (Å²) < 4.78 is 16.7. The number of rotatable bonds is 8. The SMILES string of the molecule is CC(C)(C)COC(COC(=O)c1cccc([N+](=O)[O-])c1)OCC(C)(C)C. The van der Waals surface area contributed by atoms with Gasteiger partial charge in [-0.05, 0) is 16.9 Å². The second kappa shape index (κ2) is 9.09. The van der Waals surface area contributed by atoms with Crippen LogP contribution in [0, 0.1) is 20.9 Å². The van der Waals surface area contributed by atoms with Crippen molar-refractivity contribution in [1.82, 2.24) is 0 Å². The van der Waals surface area contributed by atoms with Crippen LogP contribution in [-0.4, -0.2) is 37.0 Å². The smallest absolute Gasteiger partial charge is 0.338 e. The van der Waals surface area contributed by atoms with Gasteiger partial charge in [0, 0.05) is 12.1 Å². The van der Waals surface area contributed by atoms with Gasteiger partial charge in [0.25, 0.3) is 5.69 Å². The summed E-state index contributed by atoms with van der Waals surface area (Å²) in [5.74, 6) is -0.655. The molecule has 0 unspecified atom stereocenters. The minimum Gasteiger partial charge on any atom is -0.457 e. The highest BCUT2D eigenvalue weighted by atomic mass is 16.7. The normalized spacial score (nSPS) is 12.3. The Morgan fingerprint density at radius 3 is 2.08 bits per heavy atom. The molecule has 1 rings (SSSR count). The number of hydrogen-bond acceptors (Lipinski definition) is 6. The van der Waals surface area contributed by atoms with Crippen LogP contribution < -0.4 is 0 Å². The molecule has 0 radical (unpaired) electrons. The molecule has 0 saturated carbocycles. The molecule has 0 bridgehead atoms. The van der Waals surface area contributed by atoms with Gasteiger partial charge in [-0.2, -0.15) is 0 Å². The van der Waals surface area contributed by atoms with E-state index in [0.29, 0.717) is 13.2 Å². The predicted molar refractivity (Wildman–Crippen MR) is 98.0 cm³/mol. The molecule has 1 aromatic rings. The molecule has 0 aliphatic rings. The Morgan fingerprint density at radius 2 is 1.62 bits per heavy atom. The number of carbonyl (C=O) groups excluding carboxylic acids is 1. The van der Waals surface area contributed by atoms with Crippen molar-refractivity contribution in [3.8, 4) is 0 Å². The molecular formula is C19H29NO6. The van der Waals surface area contributed by atoms with Crippen molar-refractivity contribution in [2.45, 2.75) is 47.8 Å². The van der Waals surface area contributed by atoms with Crippen LogP contribution in [0.2, 0.25) is 0 Å². The fourth-order valence-electron chi connectivity index (χ4n) is 1.80. The van der Waals surface area contributed by atoms with E-state index in [1.54, 1.807) is 0 Å². The molecule has 26 heavy (non-hydrogen) atoms. The van der Waals surface area contributed by atoms with Gasteiger partial charge in [0.1, 0.15) is 6.61 Å². The largest absolute Gasteiger partial charge is 0.457 e. The number of carbonyl (C=O) groups is 1. The van der Waals surface area contributed by atoms with Crippen LogP contribution in [0.5, 0.6) is 0 Å². The first-order valence-corrected chi connectivity index (χ1v) is 8.52. The first-order valence-electron chi connectivity index (χ1n) is 8.52. The van der Waals surface area contributed by atoms with Crippen molar-refractivity contribution in [1.29, 1.82) is 0 Å². The second-order valence-corrected chi connectivity index (χ2v) is 8.58. The van der Waals surface area contributed by atoms with Crippen molar-refractivity contribution >= 4 is 11.7 Å². The van der Waals surface area contributed by atoms with E-state index >= 15 is 0 Å². The minimum atomic E-state index is -0.698. The molecule has 0 atom stereocenters. The number of nitro groups is 1. The maximum Gasteiger partial charge on any atom is 0.338 e. The van der Waals surface area contributed by atoms with Crippen LogP contribution in [0.15, 0.2) is 24.3 Å². The van der Waals surface area contributed by atoms with Crippen LogP contribution in [0.4, 0.5) is 5.69 Å². The van der Waals surface area contributed by atoms with Crippen LogP contribution >= 0.6 is 0 Å². The van der Waals surface area contributed by atoms with E-state index in [1.807, 2.05) is 41.5 Å². The summed E-state index contributed by atoms with van der Waals surface area (Å²) >= 11 is 0. The molecule has 0 aliphatic heterocycles. The molecule has 0 fully saturated rings. The molecule has 1 aromatic carbocycles. The molecule has 0 aromatic heterocycles. The van der Waals surface area contributed by atoms with Gasteiger partial charge in [-0.3, -0.25) is 10.1 Å². The predicted octanol–water partition coefficient (Wildman–Crippen LogP) is 4.20. The van der Waals surface area contributed by atoms with Crippen molar-refractivity contribution in [2.75, 3.05) is 19.8 Å². The van der Waals surface area contributed by atoms with E-state index in [-0.39, 0.29) is 28.7 Å². The monoisotopic (exact) mass is 367 g/mol. The first-order chi connectivity index (χ1) is 11.9. The zero-order valence-corrected chi connectivity index (χ0v) is 16.4. The molecule has 7 nitrogen and oxygen atoms in total. The molecule has 146 valence electrons. The molecule has 0 saturated heterocycles. The van der Waals surface area contributed by atoms with Crippen LogP contribution in [-0.2, 0) is 14.2 Å². The summed E-state index contributed by atoms with van der Waals surface area (Å²) in [4.78, 5) is 22.4. The van der Waals surface area contributed by atoms with Crippen LogP contribution in [0.3, 0.4) is 0 Å².